The second-order valence-corrected chi connectivity index (χ2v) is 5.78. The maximum absolute atomic E-state index is 6.09. The Kier molecular flexibility index (Phi) is 4.76. The predicted octanol–water partition coefficient (Wildman–Crippen LogP) is 3.99. The van der Waals surface area contributed by atoms with Gasteiger partial charge in [0.2, 0.25) is 0 Å². The highest BCUT2D eigenvalue weighted by atomic mass is 16.7. The van der Waals surface area contributed by atoms with Crippen molar-refractivity contribution in [2.75, 3.05) is 13.7 Å². The van der Waals surface area contributed by atoms with Gasteiger partial charge in [-0.3, -0.25) is 0 Å². The minimum Gasteiger partial charge on any atom is -0.497 e. The summed E-state index contributed by atoms with van der Waals surface area (Å²) >= 11 is 0. The molecule has 22 heavy (non-hydrogen) atoms. The van der Waals surface area contributed by atoms with E-state index in [0.29, 0.717) is 12.5 Å². The summed E-state index contributed by atoms with van der Waals surface area (Å²) in [5, 5.41) is 0. The topological polar surface area (TPSA) is 27.7 Å². The van der Waals surface area contributed by atoms with Crippen LogP contribution in [0.15, 0.2) is 54.6 Å². The number of hydrogen-bond donors (Lipinski definition) is 0. The Bertz CT molecular complexity index is 579. The molecule has 1 aliphatic rings. The molecule has 116 valence electrons. The normalized spacial score (nSPS) is 22.5. The Balaban J connectivity index is 1.59. The maximum Gasteiger partial charge on any atom is 0.184 e. The van der Waals surface area contributed by atoms with Gasteiger partial charge in [-0.05, 0) is 30.0 Å². The lowest BCUT2D eigenvalue weighted by molar-refractivity contribution is -0.0682. The number of methoxy groups -OCH3 is 1. The number of ether oxygens (including phenoxy) is 3. The van der Waals surface area contributed by atoms with Gasteiger partial charge in [0, 0.05) is 5.56 Å². The molecular formula is C19H22O3. The van der Waals surface area contributed by atoms with Crippen LogP contribution in [0, 0.1) is 5.92 Å². The molecule has 1 fully saturated rings. The molecule has 0 bridgehead atoms. The molecule has 2 aromatic carbocycles. The van der Waals surface area contributed by atoms with Crippen LogP contribution in [0.3, 0.4) is 0 Å². The van der Waals surface area contributed by atoms with Gasteiger partial charge in [-0.1, -0.05) is 49.4 Å². The first-order chi connectivity index (χ1) is 10.8. The molecule has 3 nitrogen and oxygen atoms in total. The van der Waals surface area contributed by atoms with E-state index in [1.54, 1.807) is 7.11 Å². The lowest BCUT2D eigenvalue weighted by atomic mass is 9.96. The van der Waals surface area contributed by atoms with Crippen LogP contribution < -0.4 is 4.74 Å². The van der Waals surface area contributed by atoms with Crippen molar-refractivity contribution < 1.29 is 14.2 Å². The Hall–Kier alpha value is -1.84. The lowest BCUT2D eigenvalue weighted by Gasteiger charge is -2.18. The van der Waals surface area contributed by atoms with Crippen LogP contribution >= 0.6 is 0 Å². The van der Waals surface area contributed by atoms with Gasteiger partial charge in [-0.15, -0.1) is 0 Å². The molecule has 0 aromatic heterocycles. The summed E-state index contributed by atoms with van der Waals surface area (Å²) in [7, 11) is 1.67. The van der Waals surface area contributed by atoms with Gasteiger partial charge < -0.3 is 14.2 Å². The molecule has 0 spiro atoms. The first-order valence-corrected chi connectivity index (χ1v) is 7.71. The molecule has 1 saturated heterocycles. The Labute approximate surface area is 131 Å². The minimum atomic E-state index is -0.269. The third kappa shape index (κ3) is 3.49. The molecule has 2 aromatic rings. The molecule has 0 aliphatic carbocycles. The van der Waals surface area contributed by atoms with Gasteiger partial charge in [-0.2, -0.15) is 0 Å². The monoisotopic (exact) mass is 298 g/mol. The number of hydrogen-bond acceptors (Lipinski definition) is 3. The fraction of sp³-hybridized carbons (Fsp3) is 0.368. The molecule has 1 unspecified atom stereocenters. The van der Waals surface area contributed by atoms with Gasteiger partial charge in [0.15, 0.2) is 6.29 Å². The molecule has 1 heterocycles. The highest BCUT2D eigenvalue weighted by Crippen LogP contribution is 2.31. The quantitative estimate of drug-likeness (QED) is 0.835. The van der Waals surface area contributed by atoms with E-state index in [1.807, 2.05) is 30.3 Å². The fourth-order valence-electron chi connectivity index (χ4n) is 2.77. The van der Waals surface area contributed by atoms with E-state index in [2.05, 4.69) is 31.2 Å². The Morgan fingerprint density at radius 3 is 2.50 bits per heavy atom. The summed E-state index contributed by atoms with van der Waals surface area (Å²) in [5.41, 5.74) is 2.38. The molecular weight excluding hydrogens is 276 g/mol. The summed E-state index contributed by atoms with van der Waals surface area (Å²) in [6.45, 7) is 2.86. The number of rotatable bonds is 5. The lowest BCUT2D eigenvalue weighted by Crippen LogP contribution is -2.22. The summed E-state index contributed by atoms with van der Waals surface area (Å²) in [5.74, 6) is 1.27. The van der Waals surface area contributed by atoms with Gasteiger partial charge >= 0.3 is 0 Å². The van der Waals surface area contributed by atoms with Crippen LogP contribution in [0.1, 0.15) is 24.3 Å². The van der Waals surface area contributed by atoms with Crippen LogP contribution in [-0.4, -0.2) is 19.8 Å². The highest BCUT2D eigenvalue weighted by Gasteiger charge is 2.31. The Morgan fingerprint density at radius 2 is 1.82 bits per heavy atom. The fourth-order valence-corrected chi connectivity index (χ4v) is 2.77. The molecule has 0 N–H and O–H groups in total. The summed E-state index contributed by atoms with van der Waals surface area (Å²) in [6, 6.07) is 18.4. The summed E-state index contributed by atoms with van der Waals surface area (Å²) < 4.78 is 17.1. The second-order valence-electron chi connectivity index (χ2n) is 5.78. The third-order valence-corrected chi connectivity index (χ3v) is 4.13. The van der Waals surface area contributed by atoms with E-state index in [4.69, 9.17) is 14.2 Å². The molecule has 0 saturated carbocycles. The van der Waals surface area contributed by atoms with E-state index >= 15 is 0 Å². The average Bonchev–Trinajstić information content (AvgIpc) is 3.06. The molecule has 3 atom stereocenters. The smallest absolute Gasteiger partial charge is 0.184 e. The van der Waals surface area contributed by atoms with Crippen LogP contribution in [-0.2, 0) is 15.9 Å². The van der Waals surface area contributed by atoms with Gasteiger partial charge in [0.1, 0.15) is 5.75 Å². The highest BCUT2D eigenvalue weighted by molar-refractivity contribution is 5.28. The third-order valence-electron chi connectivity index (χ3n) is 4.13. The standard InChI is InChI=1S/C19H22O3/c1-14(12-15-6-4-3-5-7-15)18-13-21-19(22-18)16-8-10-17(20-2)11-9-16/h3-11,14,18-19H,12-13H2,1-2H3/t14-,18-,19?/m1/s1. The van der Waals surface area contributed by atoms with Gasteiger partial charge in [0.25, 0.3) is 0 Å². The molecule has 0 amide bonds. The van der Waals surface area contributed by atoms with Crippen molar-refractivity contribution >= 4 is 0 Å². The van der Waals surface area contributed by atoms with Crippen LogP contribution in [0.5, 0.6) is 5.75 Å². The van der Waals surface area contributed by atoms with Crippen LogP contribution in [0.2, 0.25) is 0 Å². The predicted molar refractivity (Wildman–Crippen MR) is 85.9 cm³/mol. The van der Waals surface area contributed by atoms with Crippen molar-refractivity contribution in [3.63, 3.8) is 0 Å². The van der Waals surface area contributed by atoms with Crippen LogP contribution in [0.4, 0.5) is 0 Å². The summed E-state index contributed by atoms with van der Waals surface area (Å²) in [6.07, 6.45) is 0.867. The summed E-state index contributed by atoms with van der Waals surface area (Å²) in [4.78, 5) is 0. The molecule has 0 radical (unpaired) electrons. The zero-order valence-electron chi connectivity index (χ0n) is 13.1. The average molecular weight is 298 g/mol. The molecule has 3 rings (SSSR count). The largest absolute Gasteiger partial charge is 0.497 e. The van der Waals surface area contributed by atoms with E-state index in [-0.39, 0.29) is 12.4 Å². The van der Waals surface area contributed by atoms with Crippen molar-refractivity contribution in [1.29, 1.82) is 0 Å². The van der Waals surface area contributed by atoms with E-state index in [1.165, 1.54) is 5.56 Å². The van der Waals surface area contributed by atoms with E-state index in [9.17, 15) is 0 Å². The van der Waals surface area contributed by atoms with Gasteiger partial charge in [0.05, 0.1) is 19.8 Å². The first-order valence-electron chi connectivity index (χ1n) is 7.71. The minimum absolute atomic E-state index is 0.132. The maximum atomic E-state index is 6.09. The molecule has 3 heteroatoms. The molecule has 1 aliphatic heterocycles. The first kappa shape index (κ1) is 15.1. The van der Waals surface area contributed by atoms with Crippen molar-refractivity contribution in [1.82, 2.24) is 0 Å². The van der Waals surface area contributed by atoms with Crippen molar-refractivity contribution in [2.24, 2.45) is 5.92 Å². The van der Waals surface area contributed by atoms with Crippen LogP contribution in [0.25, 0.3) is 0 Å². The van der Waals surface area contributed by atoms with E-state index < -0.39 is 0 Å². The SMILES string of the molecule is COc1ccc(C2OC[C@H]([C@H](C)Cc3ccccc3)O2)cc1. The van der Waals surface area contributed by atoms with Crippen molar-refractivity contribution in [2.45, 2.75) is 25.7 Å². The van der Waals surface area contributed by atoms with Crippen molar-refractivity contribution in [3.05, 3.63) is 65.7 Å². The van der Waals surface area contributed by atoms with E-state index in [0.717, 1.165) is 17.7 Å². The second kappa shape index (κ2) is 6.95. The van der Waals surface area contributed by atoms with Crippen molar-refractivity contribution in [3.8, 4) is 5.75 Å². The number of benzene rings is 2. The van der Waals surface area contributed by atoms with Gasteiger partial charge in [-0.25, -0.2) is 0 Å². The zero-order valence-corrected chi connectivity index (χ0v) is 13.1. The zero-order chi connectivity index (χ0) is 15.4. The Morgan fingerprint density at radius 1 is 1.09 bits per heavy atom.